The third-order valence-corrected chi connectivity index (χ3v) is 3.55. The number of nitro groups is 1. The molecule has 1 aliphatic rings. The van der Waals surface area contributed by atoms with Gasteiger partial charge in [0.05, 0.1) is 16.6 Å². The van der Waals surface area contributed by atoms with E-state index in [4.69, 9.17) is 9.47 Å². The van der Waals surface area contributed by atoms with Crippen LogP contribution >= 0.6 is 0 Å². The molecule has 2 aromatic carbocycles. The molecule has 5 nitrogen and oxygen atoms in total. The largest absolute Gasteiger partial charge is 0.342 e. The van der Waals surface area contributed by atoms with E-state index in [-0.39, 0.29) is 16.7 Å². The Balaban J connectivity index is 1.89. The smallest absolute Gasteiger partial charge is 0.275 e. The van der Waals surface area contributed by atoms with Gasteiger partial charge in [0, 0.05) is 11.6 Å². The molecule has 21 heavy (non-hydrogen) atoms. The first kappa shape index (κ1) is 13.7. The van der Waals surface area contributed by atoms with Gasteiger partial charge >= 0.3 is 0 Å². The molecule has 3 unspecified atom stereocenters. The van der Waals surface area contributed by atoms with Crippen LogP contribution in [0.4, 0.5) is 5.69 Å². The van der Waals surface area contributed by atoms with E-state index in [9.17, 15) is 10.1 Å². The lowest BCUT2D eigenvalue weighted by Crippen LogP contribution is -2.12. The van der Waals surface area contributed by atoms with Crippen LogP contribution in [0, 0.1) is 10.1 Å². The first-order valence-electron chi connectivity index (χ1n) is 6.76. The summed E-state index contributed by atoms with van der Waals surface area (Å²) in [6.45, 7) is 1.87. The molecular formula is C16H15NO4. The summed E-state index contributed by atoms with van der Waals surface area (Å²) in [7, 11) is 0. The number of nitrogens with zero attached hydrogens (tertiary/aromatic N) is 1. The quantitative estimate of drug-likeness (QED) is 0.636. The van der Waals surface area contributed by atoms with E-state index in [1.807, 2.05) is 37.3 Å². The van der Waals surface area contributed by atoms with E-state index in [2.05, 4.69) is 0 Å². The van der Waals surface area contributed by atoms with Crippen molar-refractivity contribution in [1.29, 1.82) is 0 Å². The molecule has 3 rings (SSSR count). The predicted octanol–water partition coefficient (Wildman–Crippen LogP) is 3.77. The van der Waals surface area contributed by atoms with Crippen molar-refractivity contribution in [2.75, 3.05) is 0 Å². The third-order valence-electron chi connectivity index (χ3n) is 3.55. The zero-order chi connectivity index (χ0) is 14.8. The average molecular weight is 285 g/mol. The number of hydrogen-bond acceptors (Lipinski definition) is 4. The van der Waals surface area contributed by atoms with Gasteiger partial charge in [0.25, 0.3) is 5.69 Å². The summed E-state index contributed by atoms with van der Waals surface area (Å²) < 4.78 is 11.7. The second-order valence-corrected chi connectivity index (χ2v) is 4.96. The van der Waals surface area contributed by atoms with Crippen LogP contribution in [-0.2, 0) is 9.47 Å². The maximum atomic E-state index is 11.1. The number of hydrogen-bond donors (Lipinski definition) is 0. The maximum Gasteiger partial charge on any atom is 0.275 e. The lowest BCUT2D eigenvalue weighted by molar-refractivity contribution is -0.386. The fourth-order valence-electron chi connectivity index (χ4n) is 2.53. The first-order chi connectivity index (χ1) is 10.2. The van der Waals surface area contributed by atoms with Crippen LogP contribution in [0.2, 0.25) is 0 Å². The summed E-state index contributed by atoms with van der Waals surface area (Å²) in [5, 5.41) is 11.1. The van der Waals surface area contributed by atoms with Gasteiger partial charge in [-0.25, -0.2) is 0 Å². The molecule has 1 heterocycles. The molecule has 0 aromatic heterocycles. The van der Waals surface area contributed by atoms with E-state index in [0.29, 0.717) is 5.56 Å². The van der Waals surface area contributed by atoms with Crippen LogP contribution in [0.3, 0.4) is 0 Å². The molecule has 108 valence electrons. The molecule has 1 saturated heterocycles. The van der Waals surface area contributed by atoms with Crippen LogP contribution < -0.4 is 0 Å². The topological polar surface area (TPSA) is 61.6 Å². The van der Waals surface area contributed by atoms with Crippen molar-refractivity contribution in [3.05, 3.63) is 75.8 Å². The summed E-state index contributed by atoms with van der Waals surface area (Å²) >= 11 is 0. The van der Waals surface area contributed by atoms with Gasteiger partial charge in [0.2, 0.25) is 0 Å². The molecule has 0 amide bonds. The maximum absolute atomic E-state index is 11.1. The highest BCUT2D eigenvalue weighted by atomic mass is 16.7. The van der Waals surface area contributed by atoms with Crippen molar-refractivity contribution >= 4 is 5.69 Å². The molecule has 0 radical (unpaired) electrons. The van der Waals surface area contributed by atoms with E-state index >= 15 is 0 Å². The molecule has 0 spiro atoms. The summed E-state index contributed by atoms with van der Waals surface area (Å²) in [6.07, 6.45) is -1.20. The molecule has 0 saturated carbocycles. The second-order valence-electron chi connectivity index (χ2n) is 4.96. The predicted molar refractivity (Wildman–Crippen MR) is 76.7 cm³/mol. The number of nitro benzene ring substituents is 1. The fourth-order valence-corrected chi connectivity index (χ4v) is 2.53. The minimum atomic E-state index is -0.494. The van der Waals surface area contributed by atoms with Gasteiger partial charge < -0.3 is 9.47 Å². The monoisotopic (exact) mass is 285 g/mol. The molecule has 3 atom stereocenters. The molecule has 5 heteroatoms. The van der Waals surface area contributed by atoms with E-state index < -0.39 is 12.4 Å². The van der Waals surface area contributed by atoms with Crippen LogP contribution in [-0.4, -0.2) is 11.0 Å². The van der Waals surface area contributed by atoms with E-state index in [1.54, 1.807) is 18.2 Å². The lowest BCUT2D eigenvalue weighted by atomic mass is 10.0. The van der Waals surface area contributed by atoms with Crippen molar-refractivity contribution in [2.24, 2.45) is 0 Å². The number of ether oxygens (including phenoxy) is 2. The summed E-state index contributed by atoms with van der Waals surface area (Å²) in [6, 6.07) is 16.2. The Morgan fingerprint density at radius 3 is 2.38 bits per heavy atom. The fraction of sp³-hybridized carbons (Fsp3) is 0.250. The van der Waals surface area contributed by atoms with Crippen molar-refractivity contribution in [1.82, 2.24) is 0 Å². The molecule has 0 bridgehead atoms. The van der Waals surface area contributed by atoms with Crippen molar-refractivity contribution in [3.63, 3.8) is 0 Å². The number of rotatable bonds is 3. The Bertz CT molecular complexity index is 644. The molecule has 0 aliphatic carbocycles. The Kier molecular flexibility index (Phi) is 3.68. The highest BCUT2D eigenvalue weighted by Gasteiger charge is 2.38. The Morgan fingerprint density at radius 1 is 1.00 bits per heavy atom. The van der Waals surface area contributed by atoms with Gasteiger partial charge in [-0.2, -0.15) is 0 Å². The van der Waals surface area contributed by atoms with Gasteiger partial charge in [-0.1, -0.05) is 42.5 Å². The minimum Gasteiger partial charge on any atom is -0.342 e. The highest BCUT2D eigenvalue weighted by Crippen LogP contribution is 2.42. The molecular weight excluding hydrogens is 270 g/mol. The molecule has 1 aliphatic heterocycles. The summed E-state index contributed by atoms with van der Waals surface area (Å²) in [4.78, 5) is 10.8. The average Bonchev–Trinajstić information content (AvgIpc) is 2.90. The zero-order valence-electron chi connectivity index (χ0n) is 11.5. The van der Waals surface area contributed by atoms with Gasteiger partial charge in [0.15, 0.2) is 6.29 Å². The minimum absolute atomic E-state index is 0.0617. The summed E-state index contributed by atoms with van der Waals surface area (Å²) in [5.41, 5.74) is 1.52. The molecule has 1 fully saturated rings. The normalized spacial score (nSPS) is 24.9. The van der Waals surface area contributed by atoms with Crippen LogP contribution in [0.5, 0.6) is 0 Å². The second kappa shape index (κ2) is 5.63. The molecule has 0 N–H and O–H groups in total. The van der Waals surface area contributed by atoms with Crippen LogP contribution in [0.1, 0.15) is 30.4 Å². The standard InChI is InChI=1S/C16H15NO4/c1-11-15(13-9-5-6-10-14(13)17(18)19)21-16(20-11)12-7-3-2-4-8-12/h2-11,15-16H,1H3. The van der Waals surface area contributed by atoms with Crippen molar-refractivity contribution in [3.8, 4) is 0 Å². The van der Waals surface area contributed by atoms with Gasteiger partial charge in [-0.3, -0.25) is 10.1 Å². The van der Waals surface area contributed by atoms with Gasteiger partial charge in [-0.05, 0) is 13.0 Å². The van der Waals surface area contributed by atoms with Crippen molar-refractivity contribution in [2.45, 2.75) is 25.4 Å². The van der Waals surface area contributed by atoms with Crippen molar-refractivity contribution < 1.29 is 14.4 Å². The van der Waals surface area contributed by atoms with Gasteiger partial charge in [0.1, 0.15) is 6.10 Å². The third kappa shape index (κ3) is 2.66. The SMILES string of the molecule is CC1OC(c2ccccc2)OC1c1ccccc1[N+](=O)[O-]. The molecule has 2 aromatic rings. The lowest BCUT2D eigenvalue weighted by Gasteiger charge is -2.13. The number of para-hydroxylation sites is 1. The Hall–Kier alpha value is -2.24. The highest BCUT2D eigenvalue weighted by molar-refractivity contribution is 5.42. The first-order valence-corrected chi connectivity index (χ1v) is 6.76. The van der Waals surface area contributed by atoms with E-state index in [1.165, 1.54) is 6.07 Å². The van der Waals surface area contributed by atoms with Crippen LogP contribution in [0.25, 0.3) is 0 Å². The van der Waals surface area contributed by atoms with Crippen LogP contribution in [0.15, 0.2) is 54.6 Å². The number of benzene rings is 2. The van der Waals surface area contributed by atoms with Gasteiger partial charge in [-0.15, -0.1) is 0 Å². The summed E-state index contributed by atoms with van der Waals surface area (Å²) in [5.74, 6) is 0. The van der Waals surface area contributed by atoms with E-state index in [0.717, 1.165) is 5.56 Å². The zero-order valence-corrected chi connectivity index (χ0v) is 11.5. The Morgan fingerprint density at radius 2 is 1.67 bits per heavy atom. The Labute approximate surface area is 122 Å².